The number of amides is 1. The summed E-state index contributed by atoms with van der Waals surface area (Å²) in [6, 6.07) is 4.31. The van der Waals surface area contributed by atoms with Crippen LogP contribution in [0.5, 0.6) is 0 Å². The number of aromatic nitrogens is 1. The van der Waals surface area contributed by atoms with Crippen LogP contribution in [-0.2, 0) is 27.1 Å². The summed E-state index contributed by atoms with van der Waals surface area (Å²) in [5.41, 5.74) is 1.10. The van der Waals surface area contributed by atoms with Gasteiger partial charge in [-0.1, -0.05) is 6.92 Å². The molecule has 1 atom stereocenters. The molecule has 2 aromatic heterocycles. The van der Waals surface area contributed by atoms with Crippen molar-refractivity contribution >= 4 is 34.2 Å². The summed E-state index contributed by atoms with van der Waals surface area (Å²) in [5, 5.41) is 14.6. The summed E-state index contributed by atoms with van der Waals surface area (Å²) < 4.78 is 10.5. The monoisotopic (exact) mass is 418 g/mol. The molecule has 2 aromatic rings. The molecule has 154 valence electrons. The van der Waals surface area contributed by atoms with E-state index in [1.54, 1.807) is 6.92 Å². The fraction of sp³-hybridized carbons (Fsp3) is 0.400. The van der Waals surface area contributed by atoms with Gasteiger partial charge in [-0.15, -0.1) is 11.3 Å². The van der Waals surface area contributed by atoms with Crippen LogP contribution in [0.4, 0.5) is 5.00 Å². The van der Waals surface area contributed by atoms with Gasteiger partial charge >= 0.3 is 17.6 Å². The number of esters is 2. The molecule has 0 spiro atoms. The number of nitrogens with one attached hydrogen (secondary N) is 1. The molecule has 0 fully saturated rings. The van der Waals surface area contributed by atoms with Crippen molar-refractivity contribution in [3.8, 4) is 0 Å². The van der Waals surface area contributed by atoms with Gasteiger partial charge in [0.25, 0.3) is 5.91 Å². The highest BCUT2D eigenvalue weighted by atomic mass is 32.1. The third-order valence-corrected chi connectivity index (χ3v) is 5.78. The van der Waals surface area contributed by atoms with Crippen LogP contribution >= 0.6 is 11.3 Å². The van der Waals surface area contributed by atoms with Crippen LogP contribution in [-0.4, -0.2) is 31.1 Å². The molecule has 0 radical (unpaired) electrons. The van der Waals surface area contributed by atoms with Crippen molar-refractivity contribution in [1.82, 2.24) is 0 Å². The van der Waals surface area contributed by atoms with Gasteiger partial charge in [0.1, 0.15) is 5.00 Å². The predicted molar refractivity (Wildman–Crippen MR) is 106 cm³/mol. The van der Waals surface area contributed by atoms with Gasteiger partial charge in [-0.2, -0.15) is 4.73 Å². The van der Waals surface area contributed by atoms with Crippen molar-refractivity contribution in [2.45, 2.75) is 33.1 Å². The SMILES string of the molecule is CCOC(=O)c1c(NC(=O)COC(=O)c2cccc[n+]2[O-])sc2c1CC[C@@H](C)C2. The quantitative estimate of drug-likeness (QED) is 0.439. The van der Waals surface area contributed by atoms with E-state index in [4.69, 9.17) is 9.47 Å². The Hall–Kier alpha value is -2.94. The molecule has 9 heteroatoms. The standard InChI is InChI=1S/C20H22N2O6S/c1-3-27-20(25)17-13-8-7-12(2)10-15(13)29-18(17)21-16(23)11-28-19(24)14-6-4-5-9-22(14)26/h4-6,9,12H,3,7-8,10-11H2,1-2H3,(H,21,23)/t12-/m1/s1. The number of carbonyl (C=O) groups excluding carboxylic acids is 3. The molecule has 29 heavy (non-hydrogen) atoms. The maximum atomic E-state index is 12.5. The lowest BCUT2D eigenvalue weighted by molar-refractivity contribution is -0.608. The van der Waals surface area contributed by atoms with Crippen molar-refractivity contribution < 1.29 is 28.6 Å². The van der Waals surface area contributed by atoms with Crippen molar-refractivity contribution in [3.05, 3.63) is 51.3 Å². The molecule has 1 N–H and O–H groups in total. The third kappa shape index (κ3) is 4.73. The first-order valence-corrected chi connectivity index (χ1v) is 10.2. The molecule has 1 aliphatic carbocycles. The van der Waals surface area contributed by atoms with Gasteiger partial charge in [-0.3, -0.25) is 4.79 Å². The molecule has 2 heterocycles. The maximum Gasteiger partial charge on any atom is 0.405 e. The first kappa shape index (κ1) is 20.8. The van der Waals surface area contributed by atoms with Gasteiger partial charge in [0, 0.05) is 17.0 Å². The number of thiophene rings is 1. The van der Waals surface area contributed by atoms with Crippen LogP contribution in [0.15, 0.2) is 24.4 Å². The van der Waals surface area contributed by atoms with E-state index in [1.165, 1.54) is 35.7 Å². The zero-order valence-electron chi connectivity index (χ0n) is 16.2. The number of fused-ring (bicyclic) bond motifs is 1. The highest BCUT2D eigenvalue weighted by Crippen LogP contribution is 2.40. The van der Waals surface area contributed by atoms with Gasteiger partial charge in [0.05, 0.1) is 12.2 Å². The minimum atomic E-state index is -0.902. The Labute approximate surface area is 172 Å². The van der Waals surface area contributed by atoms with Crippen molar-refractivity contribution in [3.63, 3.8) is 0 Å². The van der Waals surface area contributed by atoms with Crippen LogP contribution in [0.2, 0.25) is 0 Å². The van der Waals surface area contributed by atoms with E-state index in [9.17, 15) is 19.6 Å². The summed E-state index contributed by atoms with van der Waals surface area (Å²) >= 11 is 1.35. The van der Waals surface area contributed by atoms with Crippen LogP contribution in [0.1, 0.15) is 51.6 Å². The normalized spacial score (nSPS) is 15.3. The molecule has 0 saturated carbocycles. The lowest BCUT2D eigenvalue weighted by atomic mass is 9.88. The molecule has 0 bridgehead atoms. The Morgan fingerprint density at radius 3 is 2.79 bits per heavy atom. The van der Waals surface area contributed by atoms with Gasteiger partial charge in [0.15, 0.2) is 12.8 Å². The van der Waals surface area contributed by atoms with E-state index in [2.05, 4.69) is 12.2 Å². The summed E-state index contributed by atoms with van der Waals surface area (Å²) in [5.74, 6) is -1.46. The maximum absolute atomic E-state index is 12.5. The number of pyridine rings is 1. The minimum Gasteiger partial charge on any atom is -0.618 e. The number of rotatable bonds is 6. The molecule has 3 rings (SSSR count). The van der Waals surface area contributed by atoms with Crippen molar-refractivity contribution in [1.29, 1.82) is 0 Å². The zero-order valence-corrected chi connectivity index (χ0v) is 17.0. The van der Waals surface area contributed by atoms with Crippen LogP contribution in [0.3, 0.4) is 0 Å². The molecule has 0 aliphatic heterocycles. The van der Waals surface area contributed by atoms with Crippen LogP contribution in [0, 0.1) is 11.1 Å². The van der Waals surface area contributed by atoms with Crippen LogP contribution in [0.25, 0.3) is 0 Å². The molecule has 0 aromatic carbocycles. The van der Waals surface area contributed by atoms with E-state index in [-0.39, 0.29) is 12.3 Å². The average molecular weight is 418 g/mol. The molecule has 0 unspecified atom stereocenters. The van der Waals surface area contributed by atoms with Gasteiger partial charge in [-0.05, 0) is 43.7 Å². The van der Waals surface area contributed by atoms with E-state index in [1.807, 2.05) is 0 Å². The molecule has 1 amide bonds. The third-order valence-electron chi connectivity index (χ3n) is 4.61. The zero-order chi connectivity index (χ0) is 21.0. The number of hydrogen-bond donors (Lipinski definition) is 1. The molecule has 0 saturated heterocycles. The second-order valence-corrected chi connectivity index (χ2v) is 7.92. The summed E-state index contributed by atoms with van der Waals surface area (Å²) in [6.07, 6.45) is 3.73. The summed E-state index contributed by atoms with van der Waals surface area (Å²) in [7, 11) is 0. The van der Waals surface area contributed by atoms with E-state index in [0.29, 0.717) is 21.2 Å². The summed E-state index contributed by atoms with van der Waals surface area (Å²) in [6.45, 7) is 3.53. The Kier molecular flexibility index (Phi) is 6.48. The fourth-order valence-corrected chi connectivity index (χ4v) is 4.63. The molecule has 1 aliphatic rings. The Morgan fingerprint density at radius 2 is 2.07 bits per heavy atom. The first-order valence-electron chi connectivity index (χ1n) is 9.37. The number of ether oxygens (including phenoxy) is 2. The second-order valence-electron chi connectivity index (χ2n) is 6.81. The number of hydrogen-bond acceptors (Lipinski definition) is 7. The molecular formula is C20H22N2O6S. The average Bonchev–Trinajstić information content (AvgIpc) is 3.03. The lowest BCUT2D eigenvalue weighted by Crippen LogP contribution is -2.35. The van der Waals surface area contributed by atoms with Gasteiger partial charge < -0.3 is 20.0 Å². The van der Waals surface area contributed by atoms with Crippen LogP contribution < -0.4 is 10.0 Å². The number of carbonyl (C=O) groups is 3. The Morgan fingerprint density at radius 1 is 1.28 bits per heavy atom. The lowest BCUT2D eigenvalue weighted by Gasteiger charge is -2.18. The topological polar surface area (TPSA) is 109 Å². The first-order chi connectivity index (χ1) is 13.9. The second kappa shape index (κ2) is 9.04. The Bertz CT molecular complexity index is 939. The van der Waals surface area contributed by atoms with E-state index in [0.717, 1.165) is 29.7 Å². The number of nitrogens with zero attached hydrogens (tertiary/aromatic N) is 1. The predicted octanol–water partition coefficient (Wildman–Crippen LogP) is 2.48. The van der Waals surface area contributed by atoms with E-state index < -0.39 is 24.5 Å². The number of anilines is 1. The highest BCUT2D eigenvalue weighted by Gasteiger charge is 2.29. The highest BCUT2D eigenvalue weighted by molar-refractivity contribution is 7.17. The van der Waals surface area contributed by atoms with Crippen molar-refractivity contribution in [2.75, 3.05) is 18.5 Å². The minimum absolute atomic E-state index is 0.215. The molecular weight excluding hydrogens is 396 g/mol. The summed E-state index contributed by atoms with van der Waals surface area (Å²) in [4.78, 5) is 37.8. The van der Waals surface area contributed by atoms with Gasteiger partial charge in [0.2, 0.25) is 0 Å². The van der Waals surface area contributed by atoms with Crippen molar-refractivity contribution in [2.24, 2.45) is 5.92 Å². The smallest absolute Gasteiger partial charge is 0.405 e. The van der Waals surface area contributed by atoms with Gasteiger partial charge in [-0.25, -0.2) is 9.59 Å². The Balaban J connectivity index is 1.72. The van der Waals surface area contributed by atoms with E-state index >= 15 is 0 Å². The molecule has 8 nitrogen and oxygen atoms in total. The fourth-order valence-electron chi connectivity index (χ4n) is 3.21. The largest absolute Gasteiger partial charge is 0.618 e.